The molecule has 0 aliphatic rings. The van der Waals surface area contributed by atoms with E-state index in [0.717, 1.165) is 28.3 Å². The molecule has 2 heterocycles. The molecule has 0 saturated carbocycles. The van der Waals surface area contributed by atoms with Crippen molar-refractivity contribution in [2.45, 2.75) is 27.3 Å². The molecule has 3 aromatic rings. The number of hydrogen-bond acceptors (Lipinski definition) is 4. The van der Waals surface area contributed by atoms with Crippen molar-refractivity contribution >= 4 is 17.3 Å². The predicted molar refractivity (Wildman–Crippen MR) is 98.9 cm³/mol. The van der Waals surface area contributed by atoms with E-state index in [1.165, 1.54) is 5.56 Å². The van der Waals surface area contributed by atoms with Crippen molar-refractivity contribution in [1.29, 1.82) is 0 Å². The molecule has 0 spiro atoms. The van der Waals surface area contributed by atoms with Crippen LogP contribution in [0.5, 0.6) is 0 Å². The Bertz CT molecular complexity index is 863. The number of amides is 1. The maximum absolute atomic E-state index is 12.6. The van der Waals surface area contributed by atoms with Crippen molar-refractivity contribution in [2.75, 3.05) is 10.6 Å². The van der Waals surface area contributed by atoms with Crippen LogP contribution in [0.2, 0.25) is 0 Å². The summed E-state index contributed by atoms with van der Waals surface area (Å²) in [7, 11) is 0. The van der Waals surface area contributed by atoms with Gasteiger partial charge in [-0.05, 0) is 56.2 Å². The first-order chi connectivity index (χ1) is 12.0. The molecule has 3 rings (SSSR count). The van der Waals surface area contributed by atoms with Crippen molar-refractivity contribution < 1.29 is 9.21 Å². The molecule has 1 amide bonds. The number of pyridine rings is 1. The van der Waals surface area contributed by atoms with Crippen LogP contribution < -0.4 is 10.6 Å². The Kier molecular flexibility index (Phi) is 4.84. The van der Waals surface area contributed by atoms with E-state index in [0.29, 0.717) is 12.2 Å². The highest BCUT2D eigenvalue weighted by Gasteiger charge is 2.12. The molecule has 0 bridgehead atoms. The summed E-state index contributed by atoms with van der Waals surface area (Å²) in [5.74, 6) is 0.602. The molecule has 2 N–H and O–H groups in total. The number of hydrogen-bond donors (Lipinski definition) is 2. The Morgan fingerprint density at radius 3 is 2.56 bits per heavy atom. The molecule has 0 saturated heterocycles. The first-order valence-corrected chi connectivity index (χ1v) is 8.14. The lowest BCUT2D eigenvalue weighted by Gasteiger charge is -2.13. The van der Waals surface area contributed by atoms with Crippen molar-refractivity contribution in [3.63, 3.8) is 0 Å². The Morgan fingerprint density at radius 1 is 1.12 bits per heavy atom. The molecule has 5 nitrogen and oxygen atoms in total. The van der Waals surface area contributed by atoms with E-state index in [1.807, 2.05) is 39.0 Å². The van der Waals surface area contributed by atoms with Gasteiger partial charge in [0, 0.05) is 17.6 Å². The molecule has 128 valence electrons. The molecule has 25 heavy (non-hydrogen) atoms. The highest BCUT2D eigenvalue weighted by Crippen LogP contribution is 2.22. The van der Waals surface area contributed by atoms with Crippen molar-refractivity contribution in [3.8, 4) is 0 Å². The summed E-state index contributed by atoms with van der Waals surface area (Å²) >= 11 is 0. The highest BCUT2D eigenvalue weighted by atomic mass is 16.3. The molecule has 0 atom stereocenters. The van der Waals surface area contributed by atoms with Crippen LogP contribution in [0.25, 0.3) is 0 Å². The van der Waals surface area contributed by atoms with Gasteiger partial charge in [0.15, 0.2) is 0 Å². The minimum atomic E-state index is -0.225. The van der Waals surface area contributed by atoms with E-state index < -0.39 is 0 Å². The second-order valence-corrected chi connectivity index (χ2v) is 6.09. The average molecular weight is 335 g/mol. The Hall–Kier alpha value is -3.08. The van der Waals surface area contributed by atoms with Gasteiger partial charge in [-0.1, -0.05) is 17.7 Å². The summed E-state index contributed by atoms with van der Waals surface area (Å²) in [6.07, 6.45) is 3.25. The molecular formula is C20H21N3O2. The molecule has 0 unspecified atom stereocenters. The first-order valence-electron chi connectivity index (χ1n) is 8.14. The van der Waals surface area contributed by atoms with Gasteiger partial charge in [-0.25, -0.2) is 0 Å². The largest absolute Gasteiger partial charge is 0.467 e. The number of carbonyl (C=O) groups is 1. The van der Waals surface area contributed by atoms with Crippen molar-refractivity contribution in [1.82, 2.24) is 4.98 Å². The molecule has 0 fully saturated rings. The van der Waals surface area contributed by atoms with Gasteiger partial charge < -0.3 is 15.1 Å². The zero-order valence-corrected chi connectivity index (χ0v) is 14.6. The van der Waals surface area contributed by atoms with Gasteiger partial charge in [0.05, 0.1) is 12.8 Å². The minimum Gasteiger partial charge on any atom is -0.467 e. The summed E-state index contributed by atoms with van der Waals surface area (Å²) in [6.45, 7) is 6.57. The number of carbonyl (C=O) groups excluding carboxylic acids is 1. The van der Waals surface area contributed by atoms with E-state index in [1.54, 1.807) is 18.5 Å². The van der Waals surface area contributed by atoms with Crippen LogP contribution in [0.1, 0.15) is 32.9 Å². The zero-order valence-electron chi connectivity index (χ0n) is 14.6. The summed E-state index contributed by atoms with van der Waals surface area (Å²) < 4.78 is 5.29. The topological polar surface area (TPSA) is 67.2 Å². The van der Waals surface area contributed by atoms with Gasteiger partial charge in [-0.15, -0.1) is 0 Å². The van der Waals surface area contributed by atoms with Gasteiger partial charge >= 0.3 is 0 Å². The lowest BCUT2D eigenvalue weighted by molar-refractivity contribution is 0.102. The molecule has 5 heteroatoms. The smallest absolute Gasteiger partial charge is 0.274 e. The third-order valence-corrected chi connectivity index (χ3v) is 3.95. The van der Waals surface area contributed by atoms with E-state index >= 15 is 0 Å². The van der Waals surface area contributed by atoms with Crippen LogP contribution in [0.15, 0.2) is 53.3 Å². The zero-order chi connectivity index (χ0) is 17.8. The Labute approximate surface area is 147 Å². The van der Waals surface area contributed by atoms with Gasteiger partial charge in [0.2, 0.25) is 0 Å². The maximum atomic E-state index is 12.6. The fourth-order valence-electron chi connectivity index (χ4n) is 2.82. The number of rotatable bonds is 5. The van der Waals surface area contributed by atoms with Gasteiger partial charge in [0.1, 0.15) is 11.5 Å². The fraction of sp³-hybridized carbons (Fsp3) is 0.200. The van der Waals surface area contributed by atoms with Crippen molar-refractivity contribution in [2.24, 2.45) is 0 Å². The molecular weight excluding hydrogens is 314 g/mol. The van der Waals surface area contributed by atoms with Gasteiger partial charge in [-0.3, -0.25) is 9.78 Å². The fourth-order valence-corrected chi connectivity index (χ4v) is 2.82. The summed E-state index contributed by atoms with van der Waals surface area (Å²) in [5.41, 5.74) is 5.27. The second kappa shape index (κ2) is 7.21. The number of aromatic nitrogens is 1. The van der Waals surface area contributed by atoms with Crippen LogP contribution in [0.3, 0.4) is 0 Å². The maximum Gasteiger partial charge on any atom is 0.274 e. The molecule has 0 aliphatic heterocycles. The summed E-state index contributed by atoms with van der Waals surface area (Å²) in [6, 6.07) is 11.4. The Balaban J connectivity index is 1.73. The van der Waals surface area contributed by atoms with E-state index in [-0.39, 0.29) is 5.91 Å². The number of nitrogens with zero attached hydrogens (tertiary/aromatic N) is 1. The van der Waals surface area contributed by atoms with E-state index in [2.05, 4.69) is 27.8 Å². The SMILES string of the molecule is Cc1cc(C)c(NC(=O)c2cc(NCc3ccco3)ccn2)c(C)c1. The third kappa shape index (κ3) is 4.07. The van der Waals surface area contributed by atoms with Crippen LogP contribution in [-0.2, 0) is 6.54 Å². The quantitative estimate of drug-likeness (QED) is 0.722. The number of anilines is 2. The Morgan fingerprint density at radius 2 is 1.88 bits per heavy atom. The number of nitrogens with one attached hydrogen (secondary N) is 2. The standard InChI is InChI=1S/C20H21N3O2/c1-13-9-14(2)19(15(3)10-13)23-20(24)18-11-16(6-7-21-18)22-12-17-5-4-8-25-17/h4-11H,12H2,1-3H3,(H,21,22)(H,23,24). The van der Waals surface area contributed by atoms with Crippen LogP contribution in [0, 0.1) is 20.8 Å². The van der Waals surface area contributed by atoms with E-state index in [4.69, 9.17) is 4.42 Å². The number of furan rings is 1. The highest BCUT2D eigenvalue weighted by molar-refractivity contribution is 6.04. The number of benzene rings is 1. The van der Waals surface area contributed by atoms with Crippen LogP contribution in [-0.4, -0.2) is 10.9 Å². The van der Waals surface area contributed by atoms with Gasteiger partial charge in [0.25, 0.3) is 5.91 Å². The summed E-state index contributed by atoms with van der Waals surface area (Å²) in [4.78, 5) is 16.8. The minimum absolute atomic E-state index is 0.225. The average Bonchev–Trinajstić information content (AvgIpc) is 3.10. The normalized spacial score (nSPS) is 10.5. The number of aryl methyl sites for hydroxylation is 3. The molecule has 1 aromatic carbocycles. The second-order valence-electron chi connectivity index (χ2n) is 6.09. The molecule has 0 aliphatic carbocycles. The molecule has 2 aromatic heterocycles. The lowest BCUT2D eigenvalue weighted by Crippen LogP contribution is -2.15. The van der Waals surface area contributed by atoms with Crippen LogP contribution >= 0.6 is 0 Å². The first kappa shape index (κ1) is 16.8. The van der Waals surface area contributed by atoms with Gasteiger partial charge in [-0.2, -0.15) is 0 Å². The van der Waals surface area contributed by atoms with Crippen LogP contribution in [0.4, 0.5) is 11.4 Å². The van der Waals surface area contributed by atoms with E-state index in [9.17, 15) is 4.79 Å². The third-order valence-electron chi connectivity index (χ3n) is 3.95. The monoisotopic (exact) mass is 335 g/mol. The summed E-state index contributed by atoms with van der Waals surface area (Å²) in [5, 5.41) is 6.19. The van der Waals surface area contributed by atoms with Crippen molar-refractivity contribution in [3.05, 3.63) is 77.0 Å². The molecule has 0 radical (unpaired) electrons. The predicted octanol–water partition coefficient (Wildman–Crippen LogP) is 4.46. The lowest BCUT2D eigenvalue weighted by atomic mass is 10.0.